The van der Waals surface area contributed by atoms with E-state index in [1.807, 2.05) is 18.2 Å². The molecule has 0 radical (unpaired) electrons. The zero-order chi connectivity index (χ0) is 12.5. The van der Waals surface area contributed by atoms with E-state index in [1.165, 1.54) is 0 Å². The molecule has 0 aliphatic rings. The van der Waals surface area contributed by atoms with Gasteiger partial charge in [-0.05, 0) is 12.1 Å². The van der Waals surface area contributed by atoms with Gasteiger partial charge in [-0.15, -0.1) is 4.73 Å². The molecule has 0 amide bonds. The number of nitrogens with zero attached hydrogens (tertiary/aromatic N) is 3. The fraction of sp³-hybridized carbons (Fsp3) is 0. The Balaban J connectivity index is 2.38. The maximum Gasteiger partial charge on any atom is 0.295 e. The third kappa shape index (κ3) is 1.53. The fourth-order valence-electron chi connectivity index (χ4n) is 1.79. The summed E-state index contributed by atoms with van der Waals surface area (Å²) in [5, 5.41) is 10.2. The first-order valence-electron chi connectivity index (χ1n) is 5.40. The predicted octanol–water partition coefficient (Wildman–Crippen LogP) is 1.70. The van der Waals surface area contributed by atoms with E-state index in [9.17, 15) is 10.0 Å². The predicted molar refractivity (Wildman–Crippen MR) is 66.4 cm³/mol. The number of hydrogen-bond donors (Lipinski definition) is 1. The highest BCUT2D eigenvalue weighted by atomic mass is 16.5. The first-order chi connectivity index (χ1) is 8.77. The van der Waals surface area contributed by atoms with Gasteiger partial charge in [-0.25, -0.2) is 9.97 Å². The summed E-state index contributed by atoms with van der Waals surface area (Å²) in [4.78, 5) is 20.2. The smallest absolute Gasteiger partial charge is 0.295 e. The second-order valence-corrected chi connectivity index (χ2v) is 3.79. The standard InChI is InChI=1S/C13H9N3O2/c17-13-10-7-4-8-14-11(10)15-12(16(13)18)9-5-2-1-3-6-9/h1-8,18H. The maximum atomic E-state index is 12.0. The second-order valence-electron chi connectivity index (χ2n) is 3.79. The first kappa shape index (κ1) is 10.5. The van der Waals surface area contributed by atoms with Crippen molar-refractivity contribution in [3.63, 3.8) is 0 Å². The number of benzene rings is 1. The Morgan fingerprint density at radius 2 is 1.83 bits per heavy atom. The van der Waals surface area contributed by atoms with Crippen LogP contribution >= 0.6 is 0 Å². The average molecular weight is 239 g/mol. The summed E-state index contributed by atoms with van der Waals surface area (Å²) in [6.45, 7) is 0. The molecular weight excluding hydrogens is 230 g/mol. The minimum absolute atomic E-state index is 0.187. The van der Waals surface area contributed by atoms with Crippen molar-refractivity contribution in [2.24, 2.45) is 0 Å². The Morgan fingerprint density at radius 1 is 1.06 bits per heavy atom. The summed E-state index contributed by atoms with van der Waals surface area (Å²) in [5.74, 6) is 0.187. The SMILES string of the molecule is O=c1c2cccnc2nc(-c2ccccc2)n1O. The zero-order valence-corrected chi connectivity index (χ0v) is 9.32. The molecule has 2 heterocycles. The van der Waals surface area contributed by atoms with Crippen molar-refractivity contribution in [1.29, 1.82) is 0 Å². The normalized spacial score (nSPS) is 10.7. The van der Waals surface area contributed by atoms with E-state index in [0.717, 1.165) is 0 Å². The Bertz CT molecular complexity index is 766. The van der Waals surface area contributed by atoms with Gasteiger partial charge in [0.1, 0.15) is 0 Å². The van der Waals surface area contributed by atoms with E-state index in [2.05, 4.69) is 9.97 Å². The summed E-state index contributed by atoms with van der Waals surface area (Å²) in [5.41, 5.74) is 0.461. The third-order valence-electron chi connectivity index (χ3n) is 2.65. The lowest BCUT2D eigenvalue weighted by molar-refractivity contribution is 0.178. The van der Waals surface area contributed by atoms with Crippen molar-refractivity contribution in [2.75, 3.05) is 0 Å². The molecule has 1 aromatic carbocycles. The highest BCUT2D eigenvalue weighted by Gasteiger charge is 2.11. The topological polar surface area (TPSA) is 68.0 Å². The number of fused-ring (bicyclic) bond motifs is 1. The fourth-order valence-corrected chi connectivity index (χ4v) is 1.79. The minimum Gasteiger partial charge on any atom is -0.423 e. The first-order valence-corrected chi connectivity index (χ1v) is 5.40. The summed E-state index contributed by atoms with van der Waals surface area (Å²) in [7, 11) is 0. The van der Waals surface area contributed by atoms with Crippen LogP contribution in [0, 0.1) is 0 Å². The Kier molecular flexibility index (Phi) is 2.30. The van der Waals surface area contributed by atoms with Crippen LogP contribution in [0.1, 0.15) is 0 Å². The number of rotatable bonds is 1. The van der Waals surface area contributed by atoms with Crippen LogP contribution in [0.2, 0.25) is 0 Å². The molecule has 0 atom stereocenters. The molecular formula is C13H9N3O2. The lowest BCUT2D eigenvalue weighted by atomic mass is 10.2. The van der Waals surface area contributed by atoms with Gasteiger partial charge in [-0.1, -0.05) is 30.3 Å². The van der Waals surface area contributed by atoms with Gasteiger partial charge in [0.15, 0.2) is 11.5 Å². The molecule has 2 aromatic heterocycles. The van der Waals surface area contributed by atoms with Crippen molar-refractivity contribution in [3.8, 4) is 11.4 Å². The van der Waals surface area contributed by atoms with Crippen molar-refractivity contribution >= 4 is 11.0 Å². The lowest BCUT2D eigenvalue weighted by Crippen LogP contribution is -2.21. The molecule has 3 aromatic rings. The van der Waals surface area contributed by atoms with Gasteiger partial charge in [0.2, 0.25) is 0 Å². The Labute approximate surface area is 102 Å². The molecule has 0 saturated carbocycles. The highest BCUT2D eigenvalue weighted by Crippen LogP contribution is 2.16. The minimum atomic E-state index is -0.521. The maximum absolute atomic E-state index is 12.0. The molecule has 0 saturated heterocycles. The molecule has 0 fully saturated rings. The average Bonchev–Trinajstić information content (AvgIpc) is 2.44. The van der Waals surface area contributed by atoms with Gasteiger partial charge >= 0.3 is 0 Å². The van der Waals surface area contributed by atoms with E-state index in [4.69, 9.17) is 0 Å². The van der Waals surface area contributed by atoms with E-state index >= 15 is 0 Å². The van der Waals surface area contributed by atoms with Crippen LogP contribution in [0.5, 0.6) is 0 Å². The largest absolute Gasteiger partial charge is 0.423 e. The quantitative estimate of drug-likeness (QED) is 0.656. The van der Waals surface area contributed by atoms with Crippen molar-refractivity contribution in [3.05, 3.63) is 59.0 Å². The van der Waals surface area contributed by atoms with E-state index in [-0.39, 0.29) is 5.82 Å². The van der Waals surface area contributed by atoms with Crippen molar-refractivity contribution < 1.29 is 5.21 Å². The number of pyridine rings is 1. The molecule has 0 aliphatic carbocycles. The molecule has 5 nitrogen and oxygen atoms in total. The molecule has 0 bridgehead atoms. The summed E-state index contributed by atoms with van der Waals surface area (Å²) in [6, 6.07) is 12.2. The van der Waals surface area contributed by atoms with E-state index in [1.54, 1.807) is 30.5 Å². The van der Waals surface area contributed by atoms with Gasteiger partial charge in [0.05, 0.1) is 5.39 Å². The van der Waals surface area contributed by atoms with Crippen LogP contribution < -0.4 is 5.56 Å². The molecule has 18 heavy (non-hydrogen) atoms. The van der Waals surface area contributed by atoms with Gasteiger partial charge in [0.25, 0.3) is 5.56 Å². The van der Waals surface area contributed by atoms with Gasteiger partial charge in [0, 0.05) is 11.8 Å². The molecule has 1 N–H and O–H groups in total. The molecule has 0 spiro atoms. The van der Waals surface area contributed by atoms with Crippen molar-refractivity contribution in [2.45, 2.75) is 0 Å². The van der Waals surface area contributed by atoms with Crippen LogP contribution in [0.4, 0.5) is 0 Å². The monoisotopic (exact) mass is 239 g/mol. The van der Waals surface area contributed by atoms with Crippen LogP contribution in [-0.2, 0) is 0 Å². The summed E-state index contributed by atoms with van der Waals surface area (Å²) < 4.78 is 0.555. The van der Waals surface area contributed by atoms with Crippen LogP contribution in [-0.4, -0.2) is 19.9 Å². The molecule has 0 unspecified atom stereocenters. The lowest BCUT2D eigenvalue weighted by Gasteiger charge is -2.06. The molecule has 5 heteroatoms. The van der Waals surface area contributed by atoms with Gasteiger partial charge in [-0.2, -0.15) is 0 Å². The van der Waals surface area contributed by atoms with Gasteiger partial charge in [-0.3, -0.25) is 4.79 Å². The number of aromatic nitrogens is 3. The molecule has 3 rings (SSSR count). The van der Waals surface area contributed by atoms with Crippen LogP contribution in [0.3, 0.4) is 0 Å². The van der Waals surface area contributed by atoms with Gasteiger partial charge < -0.3 is 5.21 Å². The van der Waals surface area contributed by atoms with Crippen LogP contribution in [0.25, 0.3) is 22.4 Å². The van der Waals surface area contributed by atoms with E-state index < -0.39 is 5.56 Å². The summed E-state index contributed by atoms with van der Waals surface area (Å²) in [6.07, 6.45) is 1.56. The van der Waals surface area contributed by atoms with Crippen molar-refractivity contribution in [1.82, 2.24) is 14.7 Å². The zero-order valence-electron chi connectivity index (χ0n) is 9.32. The summed E-state index contributed by atoms with van der Waals surface area (Å²) >= 11 is 0. The highest BCUT2D eigenvalue weighted by molar-refractivity contribution is 5.75. The third-order valence-corrected chi connectivity index (χ3v) is 2.65. The van der Waals surface area contributed by atoms with E-state index in [0.29, 0.717) is 21.3 Å². The second kappa shape index (κ2) is 3.96. The number of hydrogen-bond acceptors (Lipinski definition) is 4. The molecule has 88 valence electrons. The Hall–Kier alpha value is -2.69. The van der Waals surface area contributed by atoms with Crippen LogP contribution in [0.15, 0.2) is 53.5 Å². The Morgan fingerprint density at radius 3 is 2.61 bits per heavy atom. The molecule has 0 aliphatic heterocycles.